The van der Waals surface area contributed by atoms with Crippen LogP contribution in [0.1, 0.15) is 51.1 Å². The Morgan fingerprint density at radius 3 is 2.92 bits per heavy atom. The average molecular weight is 369 g/mol. The maximum Gasteiger partial charge on any atom is 0.253 e. The van der Waals surface area contributed by atoms with Crippen LogP contribution in [0.4, 0.5) is 0 Å². The zero-order chi connectivity index (χ0) is 18.3. The molecule has 0 spiro atoms. The largest absolute Gasteiger partial charge is 0.467 e. The van der Waals surface area contributed by atoms with E-state index in [0.29, 0.717) is 6.54 Å². The molecule has 0 aliphatic heterocycles. The van der Waals surface area contributed by atoms with Crippen LogP contribution in [-0.2, 0) is 13.0 Å². The van der Waals surface area contributed by atoms with Crippen LogP contribution >= 0.6 is 11.6 Å². The fraction of sp³-hybridized carbons (Fsp3) is 0.286. The first-order valence-electron chi connectivity index (χ1n) is 8.81. The number of carbonyl (C=O) groups is 1. The highest BCUT2D eigenvalue weighted by Crippen LogP contribution is 2.33. The third-order valence-electron chi connectivity index (χ3n) is 5.20. The Morgan fingerprint density at radius 1 is 1.31 bits per heavy atom. The zero-order valence-corrected chi connectivity index (χ0v) is 15.6. The van der Waals surface area contributed by atoms with Crippen LogP contribution in [0.5, 0.6) is 0 Å². The number of nitrogens with zero attached hydrogens (tertiary/aromatic N) is 1. The molecule has 0 saturated heterocycles. The molecule has 0 fully saturated rings. The van der Waals surface area contributed by atoms with Crippen LogP contribution in [0.2, 0.25) is 5.02 Å². The highest BCUT2D eigenvalue weighted by atomic mass is 35.5. The topological polar surface area (TPSA) is 47.2 Å². The molecule has 0 radical (unpaired) electrons. The van der Waals surface area contributed by atoms with E-state index < -0.39 is 0 Å². The van der Waals surface area contributed by atoms with Crippen molar-refractivity contribution in [2.45, 2.75) is 39.3 Å². The minimum absolute atomic E-state index is 0.0309. The minimum atomic E-state index is -0.0309. The molecule has 1 aromatic carbocycles. The predicted octanol–water partition coefficient (Wildman–Crippen LogP) is 4.82. The standard InChI is InChI=1S/C21H21ClN2O2/c1-13-10-19(14(2)24(13)12-17-4-3-9-26-17)21(25)23-20-8-5-15-11-16(22)6-7-18(15)20/h3-4,6-7,9-11,20H,5,8,12H2,1-2H3,(H,23,25)/t20-/m0/s1. The summed E-state index contributed by atoms with van der Waals surface area (Å²) in [5.74, 6) is 0.844. The quantitative estimate of drug-likeness (QED) is 0.717. The van der Waals surface area contributed by atoms with Gasteiger partial charge in [0, 0.05) is 16.4 Å². The van der Waals surface area contributed by atoms with Crippen molar-refractivity contribution in [3.05, 3.63) is 81.5 Å². The first-order valence-corrected chi connectivity index (χ1v) is 9.19. The molecule has 134 valence electrons. The Labute approximate surface area is 157 Å². The van der Waals surface area contributed by atoms with Crippen LogP contribution in [-0.4, -0.2) is 10.5 Å². The summed E-state index contributed by atoms with van der Waals surface area (Å²) in [5, 5.41) is 3.94. The number of benzene rings is 1. The Balaban J connectivity index is 1.55. The molecule has 1 atom stereocenters. The maximum absolute atomic E-state index is 12.9. The second-order valence-electron chi connectivity index (χ2n) is 6.86. The van der Waals surface area contributed by atoms with Crippen molar-refractivity contribution in [1.82, 2.24) is 9.88 Å². The van der Waals surface area contributed by atoms with E-state index in [4.69, 9.17) is 16.0 Å². The lowest BCUT2D eigenvalue weighted by Crippen LogP contribution is -2.27. The number of amides is 1. The van der Waals surface area contributed by atoms with Crippen LogP contribution in [0, 0.1) is 13.8 Å². The lowest BCUT2D eigenvalue weighted by molar-refractivity contribution is 0.0936. The molecule has 1 aliphatic carbocycles. The normalized spacial score (nSPS) is 15.9. The van der Waals surface area contributed by atoms with Crippen molar-refractivity contribution in [3.8, 4) is 0 Å². The Bertz CT molecular complexity index is 957. The number of aromatic nitrogens is 1. The van der Waals surface area contributed by atoms with E-state index in [1.807, 2.05) is 50.2 Å². The van der Waals surface area contributed by atoms with E-state index in [1.54, 1.807) is 6.26 Å². The highest BCUT2D eigenvalue weighted by Gasteiger charge is 2.26. The molecular formula is C21H21ClN2O2. The zero-order valence-electron chi connectivity index (χ0n) is 14.9. The number of nitrogens with one attached hydrogen (secondary N) is 1. The third-order valence-corrected chi connectivity index (χ3v) is 5.44. The average Bonchev–Trinajstić information content (AvgIpc) is 3.32. The fourth-order valence-corrected chi connectivity index (χ4v) is 4.00. The smallest absolute Gasteiger partial charge is 0.253 e. The molecule has 0 bridgehead atoms. The molecule has 1 N–H and O–H groups in total. The molecule has 2 aromatic heterocycles. The number of aryl methyl sites for hydroxylation is 2. The Hall–Kier alpha value is -2.46. The molecule has 5 heteroatoms. The van der Waals surface area contributed by atoms with Crippen LogP contribution in [0.25, 0.3) is 0 Å². The van der Waals surface area contributed by atoms with Gasteiger partial charge in [0.2, 0.25) is 0 Å². The van der Waals surface area contributed by atoms with E-state index >= 15 is 0 Å². The van der Waals surface area contributed by atoms with Crippen LogP contribution in [0.15, 0.2) is 47.1 Å². The van der Waals surface area contributed by atoms with Gasteiger partial charge in [-0.2, -0.15) is 0 Å². The molecule has 1 aliphatic rings. The van der Waals surface area contributed by atoms with E-state index in [0.717, 1.165) is 40.6 Å². The number of fused-ring (bicyclic) bond motifs is 1. The van der Waals surface area contributed by atoms with Gasteiger partial charge in [-0.05, 0) is 68.1 Å². The summed E-state index contributed by atoms with van der Waals surface area (Å²) < 4.78 is 7.55. The van der Waals surface area contributed by atoms with Crippen LogP contribution in [0.3, 0.4) is 0 Å². The van der Waals surface area contributed by atoms with Gasteiger partial charge in [-0.15, -0.1) is 0 Å². The van der Waals surface area contributed by atoms with Crippen molar-refractivity contribution in [1.29, 1.82) is 0 Å². The number of furan rings is 1. The van der Waals surface area contributed by atoms with E-state index in [2.05, 4.69) is 9.88 Å². The predicted molar refractivity (Wildman–Crippen MR) is 102 cm³/mol. The SMILES string of the molecule is Cc1cc(C(=O)N[C@H]2CCc3cc(Cl)ccc32)c(C)n1Cc1ccco1. The summed E-state index contributed by atoms with van der Waals surface area (Å²) in [6, 6.07) is 11.7. The highest BCUT2D eigenvalue weighted by molar-refractivity contribution is 6.30. The van der Waals surface area contributed by atoms with Gasteiger partial charge in [0.15, 0.2) is 0 Å². The van der Waals surface area contributed by atoms with Crippen molar-refractivity contribution in [2.75, 3.05) is 0 Å². The molecule has 2 heterocycles. The van der Waals surface area contributed by atoms with E-state index in [9.17, 15) is 4.79 Å². The number of hydrogen-bond donors (Lipinski definition) is 1. The van der Waals surface area contributed by atoms with E-state index in [1.165, 1.54) is 11.1 Å². The fourth-order valence-electron chi connectivity index (χ4n) is 3.80. The first-order chi connectivity index (χ1) is 12.5. The van der Waals surface area contributed by atoms with Gasteiger partial charge in [-0.25, -0.2) is 0 Å². The molecule has 0 saturated carbocycles. The lowest BCUT2D eigenvalue weighted by Gasteiger charge is -2.14. The van der Waals surface area contributed by atoms with Gasteiger partial charge in [-0.3, -0.25) is 4.79 Å². The van der Waals surface area contributed by atoms with Gasteiger partial charge < -0.3 is 14.3 Å². The van der Waals surface area contributed by atoms with Crippen molar-refractivity contribution in [3.63, 3.8) is 0 Å². The molecular weight excluding hydrogens is 348 g/mol. The summed E-state index contributed by atoms with van der Waals surface area (Å²) in [4.78, 5) is 12.9. The molecule has 3 aromatic rings. The number of hydrogen-bond acceptors (Lipinski definition) is 2. The summed E-state index contributed by atoms with van der Waals surface area (Å²) in [6.45, 7) is 4.62. The third kappa shape index (κ3) is 3.06. The van der Waals surface area contributed by atoms with E-state index in [-0.39, 0.29) is 11.9 Å². The number of rotatable bonds is 4. The maximum atomic E-state index is 12.9. The molecule has 26 heavy (non-hydrogen) atoms. The second kappa shape index (κ2) is 6.69. The summed E-state index contributed by atoms with van der Waals surface area (Å²) >= 11 is 6.07. The van der Waals surface area contributed by atoms with Crippen molar-refractivity contribution < 1.29 is 9.21 Å². The van der Waals surface area contributed by atoms with Crippen LogP contribution < -0.4 is 5.32 Å². The van der Waals surface area contributed by atoms with Gasteiger partial charge >= 0.3 is 0 Å². The summed E-state index contributed by atoms with van der Waals surface area (Å²) in [5.41, 5.74) is 5.11. The lowest BCUT2D eigenvalue weighted by atomic mass is 10.1. The summed E-state index contributed by atoms with van der Waals surface area (Å²) in [7, 11) is 0. The van der Waals surface area contributed by atoms with Gasteiger partial charge in [0.05, 0.1) is 24.4 Å². The van der Waals surface area contributed by atoms with Gasteiger partial charge in [0.1, 0.15) is 5.76 Å². The van der Waals surface area contributed by atoms with Crippen molar-refractivity contribution in [2.24, 2.45) is 0 Å². The number of carbonyl (C=O) groups excluding carboxylic acids is 1. The monoisotopic (exact) mass is 368 g/mol. The van der Waals surface area contributed by atoms with Gasteiger partial charge in [0.25, 0.3) is 5.91 Å². The molecule has 0 unspecified atom stereocenters. The second-order valence-corrected chi connectivity index (χ2v) is 7.29. The summed E-state index contributed by atoms with van der Waals surface area (Å²) in [6.07, 6.45) is 3.52. The molecule has 1 amide bonds. The minimum Gasteiger partial charge on any atom is -0.467 e. The Morgan fingerprint density at radius 2 is 2.15 bits per heavy atom. The van der Waals surface area contributed by atoms with Gasteiger partial charge in [-0.1, -0.05) is 17.7 Å². The number of halogens is 1. The van der Waals surface area contributed by atoms with Crippen molar-refractivity contribution >= 4 is 17.5 Å². The molecule has 4 nitrogen and oxygen atoms in total. The molecule has 4 rings (SSSR count). The Kier molecular flexibility index (Phi) is 4.37. The first kappa shape index (κ1) is 17.0.